The second kappa shape index (κ2) is 5.70. The van der Waals surface area contributed by atoms with E-state index in [1.165, 1.54) is 12.8 Å². The number of hydrogen-bond donors (Lipinski definition) is 2. The van der Waals surface area contributed by atoms with E-state index in [-0.39, 0.29) is 6.42 Å². The van der Waals surface area contributed by atoms with Gasteiger partial charge in [-0.3, -0.25) is 9.59 Å². The Kier molecular flexibility index (Phi) is 4.55. The highest BCUT2D eigenvalue weighted by atomic mass is 16.4. The first-order chi connectivity index (χ1) is 7.11. The smallest absolute Gasteiger partial charge is 0.317 e. The van der Waals surface area contributed by atoms with Gasteiger partial charge in [-0.15, -0.1) is 0 Å². The quantitative estimate of drug-likeness (QED) is 0.636. The lowest BCUT2D eigenvalue weighted by Crippen LogP contribution is -2.26. The van der Waals surface area contributed by atoms with Gasteiger partial charge in [-0.2, -0.15) is 0 Å². The van der Waals surface area contributed by atoms with Crippen LogP contribution >= 0.6 is 0 Å². The van der Waals surface area contributed by atoms with E-state index in [0.29, 0.717) is 6.42 Å². The second-order valence-corrected chi connectivity index (χ2v) is 3.92. The van der Waals surface area contributed by atoms with Crippen molar-refractivity contribution in [2.75, 3.05) is 19.6 Å². The van der Waals surface area contributed by atoms with Crippen LogP contribution in [0.4, 0.5) is 0 Å². The summed E-state index contributed by atoms with van der Waals surface area (Å²) in [6.45, 7) is 2.94. The van der Waals surface area contributed by atoms with E-state index >= 15 is 0 Å². The van der Waals surface area contributed by atoms with E-state index in [9.17, 15) is 9.59 Å². The number of carboxylic acid groups (broad SMARTS) is 2. The van der Waals surface area contributed by atoms with Gasteiger partial charge in [-0.25, -0.2) is 0 Å². The Labute approximate surface area is 88.7 Å². The molecule has 5 heteroatoms. The van der Waals surface area contributed by atoms with Gasteiger partial charge in [0.25, 0.3) is 0 Å². The Morgan fingerprint density at radius 1 is 1.13 bits per heavy atom. The van der Waals surface area contributed by atoms with Crippen LogP contribution in [-0.2, 0) is 9.59 Å². The lowest BCUT2D eigenvalue weighted by atomic mass is 10.0. The minimum atomic E-state index is -1.24. The van der Waals surface area contributed by atoms with E-state index < -0.39 is 17.9 Å². The number of nitrogens with zero attached hydrogens (tertiary/aromatic N) is 1. The summed E-state index contributed by atoms with van der Waals surface area (Å²) in [5, 5.41) is 17.3. The highest BCUT2D eigenvalue weighted by Gasteiger charge is 2.25. The number of likely N-dealkylation sites (tertiary alicyclic amines) is 1. The Hall–Kier alpha value is -1.10. The monoisotopic (exact) mass is 215 g/mol. The van der Waals surface area contributed by atoms with Crippen molar-refractivity contribution in [3.05, 3.63) is 0 Å². The topological polar surface area (TPSA) is 77.8 Å². The van der Waals surface area contributed by atoms with Crippen LogP contribution in [0.3, 0.4) is 0 Å². The lowest BCUT2D eigenvalue weighted by molar-refractivity contribution is -0.154. The standard InChI is InChI=1S/C10H17NO4/c12-9(13)8(10(14)15)4-3-7-11-5-1-2-6-11/h8H,1-7H2,(H,12,13)(H,14,15). The average molecular weight is 215 g/mol. The fourth-order valence-corrected chi connectivity index (χ4v) is 1.88. The average Bonchev–Trinajstić information content (AvgIpc) is 2.63. The number of carboxylic acids is 2. The molecule has 1 aliphatic rings. The maximum atomic E-state index is 10.6. The fraction of sp³-hybridized carbons (Fsp3) is 0.800. The van der Waals surface area contributed by atoms with Gasteiger partial charge in [0.15, 0.2) is 5.92 Å². The van der Waals surface area contributed by atoms with Crippen molar-refractivity contribution in [2.45, 2.75) is 25.7 Å². The zero-order valence-corrected chi connectivity index (χ0v) is 8.69. The van der Waals surface area contributed by atoms with E-state index in [2.05, 4.69) is 4.90 Å². The molecule has 0 spiro atoms. The van der Waals surface area contributed by atoms with Crippen LogP contribution in [0.15, 0.2) is 0 Å². The van der Waals surface area contributed by atoms with Crippen LogP contribution in [0.25, 0.3) is 0 Å². The molecule has 1 rings (SSSR count). The summed E-state index contributed by atoms with van der Waals surface area (Å²) in [5.41, 5.74) is 0. The van der Waals surface area contributed by atoms with Crippen molar-refractivity contribution in [1.82, 2.24) is 4.90 Å². The number of rotatable bonds is 6. The van der Waals surface area contributed by atoms with Crippen molar-refractivity contribution in [1.29, 1.82) is 0 Å². The normalized spacial score (nSPS) is 17.1. The first-order valence-electron chi connectivity index (χ1n) is 5.29. The van der Waals surface area contributed by atoms with Crippen LogP contribution in [0, 0.1) is 5.92 Å². The van der Waals surface area contributed by atoms with Crippen molar-refractivity contribution in [3.8, 4) is 0 Å². The first-order valence-corrected chi connectivity index (χ1v) is 5.29. The maximum Gasteiger partial charge on any atom is 0.317 e. The molecule has 1 saturated heterocycles. The molecule has 2 N–H and O–H groups in total. The Bertz CT molecular complexity index is 222. The first kappa shape index (κ1) is 12.0. The highest BCUT2D eigenvalue weighted by Crippen LogP contribution is 2.12. The Morgan fingerprint density at radius 3 is 2.13 bits per heavy atom. The van der Waals surface area contributed by atoms with Gasteiger partial charge in [0.05, 0.1) is 0 Å². The van der Waals surface area contributed by atoms with Crippen molar-refractivity contribution < 1.29 is 19.8 Å². The van der Waals surface area contributed by atoms with E-state index in [1.807, 2.05) is 0 Å². The maximum absolute atomic E-state index is 10.6. The van der Waals surface area contributed by atoms with Gasteiger partial charge in [0, 0.05) is 0 Å². The van der Waals surface area contributed by atoms with Gasteiger partial charge >= 0.3 is 11.9 Å². The molecule has 1 heterocycles. The van der Waals surface area contributed by atoms with Crippen LogP contribution in [0.2, 0.25) is 0 Å². The summed E-state index contributed by atoms with van der Waals surface area (Å²) in [7, 11) is 0. The third-order valence-electron chi connectivity index (χ3n) is 2.76. The van der Waals surface area contributed by atoms with Crippen molar-refractivity contribution in [2.24, 2.45) is 5.92 Å². The molecule has 0 radical (unpaired) electrons. The summed E-state index contributed by atoms with van der Waals surface area (Å²) in [6, 6.07) is 0. The second-order valence-electron chi connectivity index (χ2n) is 3.92. The molecule has 0 atom stereocenters. The summed E-state index contributed by atoms with van der Waals surface area (Å²) in [4.78, 5) is 23.4. The molecular formula is C10H17NO4. The summed E-state index contributed by atoms with van der Waals surface area (Å²) < 4.78 is 0. The fourth-order valence-electron chi connectivity index (χ4n) is 1.88. The number of carbonyl (C=O) groups is 2. The molecule has 0 saturated carbocycles. The largest absolute Gasteiger partial charge is 0.481 e. The summed E-state index contributed by atoms with van der Waals surface area (Å²) in [6.07, 6.45) is 3.26. The minimum absolute atomic E-state index is 0.223. The molecule has 86 valence electrons. The van der Waals surface area contributed by atoms with Gasteiger partial charge in [0.1, 0.15) is 0 Å². The minimum Gasteiger partial charge on any atom is -0.481 e. The van der Waals surface area contributed by atoms with Crippen molar-refractivity contribution >= 4 is 11.9 Å². The molecule has 0 amide bonds. The van der Waals surface area contributed by atoms with Crippen LogP contribution in [-0.4, -0.2) is 46.7 Å². The number of aliphatic carboxylic acids is 2. The van der Waals surface area contributed by atoms with Crippen molar-refractivity contribution in [3.63, 3.8) is 0 Å². The number of hydrogen-bond acceptors (Lipinski definition) is 3. The third kappa shape index (κ3) is 3.87. The zero-order chi connectivity index (χ0) is 11.3. The third-order valence-corrected chi connectivity index (χ3v) is 2.76. The molecule has 0 aromatic rings. The van der Waals surface area contributed by atoms with Gasteiger partial charge in [-0.05, 0) is 45.3 Å². The van der Waals surface area contributed by atoms with E-state index in [4.69, 9.17) is 10.2 Å². The van der Waals surface area contributed by atoms with Crippen LogP contribution in [0.5, 0.6) is 0 Å². The van der Waals surface area contributed by atoms with Gasteiger partial charge in [0.2, 0.25) is 0 Å². The summed E-state index contributed by atoms with van der Waals surface area (Å²) in [5.74, 6) is -3.71. The molecule has 0 aromatic carbocycles. The van der Waals surface area contributed by atoms with Gasteiger partial charge in [-0.1, -0.05) is 0 Å². The van der Waals surface area contributed by atoms with E-state index in [0.717, 1.165) is 19.6 Å². The molecule has 0 bridgehead atoms. The van der Waals surface area contributed by atoms with Crippen LogP contribution < -0.4 is 0 Å². The van der Waals surface area contributed by atoms with E-state index in [1.54, 1.807) is 0 Å². The highest BCUT2D eigenvalue weighted by molar-refractivity contribution is 5.92. The molecule has 1 aliphatic heterocycles. The molecule has 0 unspecified atom stereocenters. The van der Waals surface area contributed by atoms with Gasteiger partial charge < -0.3 is 15.1 Å². The Balaban J connectivity index is 2.21. The molecule has 1 fully saturated rings. The molecular weight excluding hydrogens is 198 g/mol. The van der Waals surface area contributed by atoms with Crippen LogP contribution in [0.1, 0.15) is 25.7 Å². The molecule has 15 heavy (non-hydrogen) atoms. The SMILES string of the molecule is O=C(O)C(CCCN1CCCC1)C(=O)O. The predicted octanol–water partition coefficient (Wildman–Crippen LogP) is 0.648. The Morgan fingerprint density at radius 2 is 1.67 bits per heavy atom. The zero-order valence-electron chi connectivity index (χ0n) is 8.69. The lowest BCUT2D eigenvalue weighted by Gasteiger charge is -2.14. The summed E-state index contributed by atoms with van der Waals surface area (Å²) >= 11 is 0. The molecule has 0 aromatic heterocycles. The molecule has 5 nitrogen and oxygen atoms in total. The predicted molar refractivity (Wildman–Crippen MR) is 53.7 cm³/mol. The molecule has 0 aliphatic carbocycles.